The van der Waals surface area contributed by atoms with E-state index in [2.05, 4.69) is 0 Å². The van der Waals surface area contributed by atoms with Gasteiger partial charge in [-0.25, -0.2) is 0 Å². The predicted molar refractivity (Wildman–Crippen MR) is 89.9 cm³/mol. The lowest BCUT2D eigenvalue weighted by atomic mass is 10.1. The lowest BCUT2D eigenvalue weighted by molar-refractivity contribution is -0.386. The Morgan fingerprint density at radius 2 is 1.75 bits per heavy atom. The molecule has 0 heterocycles. The highest BCUT2D eigenvalue weighted by Gasteiger charge is 2.36. The maximum atomic E-state index is 13.2. The van der Waals surface area contributed by atoms with Crippen LogP contribution in [0.5, 0.6) is 5.75 Å². The molecule has 2 aromatic carbocycles. The van der Waals surface area contributed by atoms with Gasteiger partial charge in [0.1, 0.15) is 0 Å². The molecule has 1 N–H and O–H groups in total. The molecule has 9 nitrogen and oxygen atoms in total. The molecular formula is C16H12F3N3O6. The summed E-state index contributed by atoms with van der Waals surface area (Å²) >= 11 is 0. The first-order valence-electron chi connectivity index (χ1n) is 7.57. The van der Waals surface area contributed by atoms with Crippen molar-refractivity contribution in [3.8, 4) is 5.75 Å². The topological polar surface area (TPSA) is 125 Å². The molecule has 0 aliphatic rings. The number of rotatable bonds is 6. The summed E-state index contributed by atoms with van der Waals surface area (Å²) in [5.74, 6) is -1.27. The second-order valence-corrected chi connectivity index (χ2v) is 5.46. The third kappa shape index (κ3) is 4.72. The SMILES string of the molecule is C[C@H](Oc1ccccc1[N+](=O)[O-])C(=O)Nc1ccc([N+](=O)[O-])cc1C(F)(F)F. The molecule has 1 atom stereocenters. The number of nitro benzene ring substituents is 2. The highest BCUT2D eigenvalue weighted by atomic mass is 19.4. The van der Waals surface area contributed by atoms with E-state index < -0.39 is 50.7 Å². The molecule has 148 valence electrons. The Hall–Kier alpha value is -3.70. The first-order valence-corrected chi connectivity index (χ1v) is 7.57. The van der Waals surface area contributed by atoms with Gasteiger partial charge >= 0.3 is 11.9 Å². The Morgan fingerprint density at radius 3 is 2.32 bits per heavy atom. The van der Waals surface area contributed by atoms with Crippen LogP contribution in [-0.2, 0) is 11.0 Å². The number of halogens is 3. The van der Waals surface area contributed by atoms with Crippen molar-refractivity contribution in [2.75, 3.05) is 5.32 Å². The van der Waals surface area contributed by atoms with Crippen LogP contribution in [0, 0.1) is 20.2 Å². The van der Waals surface area contributed by atoms with Crippen molar-refractivity contribution >= 4 is 23.0 Å². The highest BCUT2D eigenvalue weighted by molar-refractivity contribution is 5.95. The van der Waals surface area contributed by atoms with Crippen molar-refractivity contribution in [2.45, 2.75) is 19.2 Å². The summed E-state index contributed by atoms with van der Waals surface area (Å²) in [7, 11) is 0. The molecule has 0 radical (unpaired) electrons. The van der Waals surface area contributed by atoms with Crippen LogP contribution >= 0.6 is 0 Å². The van der Waals surface area contributed by atoms with E-state index in [1.54, 1.807) is 0 Å². The van der Waals surface area contributed by atoms with E-state index in [1.807, 2.05) is 5.32 Å². The van der Waals surface area contributed by atoms with Crippen LogP contribution in [0.15, 0.2) is 42.5 Å². The molecular weight excluding hydrogens is 387 g/mol. The minimum Gasteiger partial charge on any atom is -0.474 e. The van der Waals surface area contributed by atoms with Gasteiger partial charge in [0.05, 0.1) is 21.1 Å². The average Bonchev–Trinajstić information content (AvgIpc) is 2.61. The zero-order valence-corrected chi connectivity index (χ0v) is 14.1. The first-order chi connectivity index (χ1) is 13.0. The van der Waals surface area contributed by atoms with Gasteiger partial charge in [-0.3, -0.25) is 25.0 Å². The summed E-state index contributed by atoms with van der Waals surface area (Å²) < 4.78 is 44.6. The summed E-state index contributed by atoms with van der Waals surface area (Å²) in [5, 5.41) is 23.6. The second kappa shape index (κ2) is 7.90. The van der Waals surface area contributed by atoms with Crippen LogP contribution in [0.1, 0.15) is 12.5 Å². The second-order valence-electron chi connectivity index (χ2n) is 5.46. The fourth-order valence-corrected chi connectivity index (χ4v) is 2.18. The molecule has 0 aromatic heterocycles. The number of para-hydroxylation sites is 2. The summed E-state index contributed by atoms with van der Waals surface area (Å²) in [6, 6.07) is 7.01. The van der Waals surface area contributed by atoms with E-state index >= 15 is 0 Å². The number of carbonyl (C=O) groups is 1. The van der Waals surface area contributed by atoms with Crippen molar-refractivity contribution in [3.05, 3.63) is 68.3 Å². The number of nitrogens with zero attached hydrogens (tertiary/aromatic N) is 2. The molecule has 0 bridgehead atoms. The summed E-state index contributed by atoms with van der Waals surface area (Å²) in [4.78, 5) is 32.1. The molecule has 0 fully saturated rings. The lowest BCUT2D eigenvalue weighted by Crippen LogP contribution is -2.31. The van der Waals surface area contributed by atoms with Crippen LogP contribution < -0.4 is 10.1 Å². The number of amides is 1. The van der Waals surface area contributed by atoms with Gasteiger partial charge in [-0.05, 0) is 19.1 Å². The molecule has 2 aromatic rings. The Kier molecular flexibility index (Phi) is 5.81. The summed E-state index contributed by atoms with van der Waals surface area (Å²) in [6.45, 7) is 1.19. The van der Waals surface area contributed by atoms with Crippen molar-refractivity contribution < 1.29 is 32.5 Å². The van der Waals surface area contributed by atoms with Gasteiger partial charge in [0.15, 0.2) is 11.9 Å². The number of alkyl halides is 3. The summed E-state index contributed by atoms with van der Waals surface area (Å²) in [6.07, 6.45) is -6.35. The van der Waals surface area contributed by atoms with Gasteiger partial charge in [-0.1, -0.05) is 12.1 Å². The number of carbonyl (C=O) groups excluding carboxylic acids is 1. The zero-order chi connectivity index (χ0) is 21.1. The fraction of sp³-hybridized carbons (Fsp3) is 0.188. The molecule has 1 amide bonds. The number of benzene rings is 2. The van der Waals surface area contributed by atoms with Crippen LogP contribution in [0.2, 0.25) is 0 Å². The monoisotopic (exact) mass is 399 g/mol. The quantitative estimate of drug-likeness (QED) is 0.580. The van der Waals surface area contributed by atoms with Crippen LogP contribution in [0.4, 0.5) is 30.2 Å². The largest absolute Gasteiger partial charge is 0.474 e. The minimum atomic E-state index is -4.96. The predicted octanol–water partition coefficient (Wildman–Crippen LogP) is 3.93. The highest BCUT2D eigenvalue weighted by Crippen LogP contribution is 2.37. The Morgan fingerprint density at radius 1 is 1.11 bits per heavy atom. The number of nitro groups is 2. The minimum absolute atomic E-state index is 0.241. The van der Waals surface area contributed by atoms with Gasteiger partial charge < -0.3 is 10.1 Å². The average molecular weight is 399 g/mol. The zero-order valence-electron chi connectivity index (χ0n) is 14.1. The van der Waals surface area contributed by atoms with Crippen LogP contribution in [0.25, 0.3) is 0 Å². The third-order valence-corrected chi connectivity index (χ3v) is 3.51. The molecule has 0 aliphatic carbocycles. The number of hydrogen-bond acceptors (Lipinski definition) is 6. The van der Waals surface area contributed by atoms with Crippen molar-refractivity contribution in [1.82, 2.24) is 0 Å². The van der Waals surface area contributed by atoms with Gasteiger partial charge in [-0.2, -0.15) is 13.2 Å². The van der Waals surface area contributed by atoms with E-state index in [4.69, 9.17) is 4.74 Å². The van der Waals surface area contributed by atoms with E-state index in [0.29, 0.717) is 6.07 Å². The maximum absolute atomic E-state index is 13.2. The molecule has 0 saturated heterocycles. The Balaban J connectivity index is 2.25. The Labute approximate surface area is 155 Å². The van der Waals surface area contributed by atoms with Crippen LogP contribution in [0.3, 0.4) is 0 Å². The first kappa shape index (κ1) is 20.6. The molecule has 0 saturated carbocycles. The van der Waals surface area contributed by atoms with Crippen molar-refractivity contribution in [3.63, 3.8) is 0 Å². The van der Waals surface area contributed by atoms with Gasteiger partial charge in [0.25, 0.3) is 11.6 Å². The number of non-ortho nitro benzene ring substituents is 1. The molecule has 0 spiro atoms. The third-order valence-electron chi connectivity index (χ3n) is 3.51. The number of hydrogen-bond donors (Lipinski definition) is 1. The Bertz CT molecular complexity index is 932. The molecule has 0 unspecified atom stereocenters. The van der Waals surface area contributed by atoms with Gasteiger partial charge in [0, 0.05) is 18.2 Å². The fourth-order valence-electron chi connectivity index (χ4n) is 2.18. The normalized spacial score (nSPS) is 12.1. The number of nitrogens with one attached hydrogen (secondary N) is 1. The van der Waals surface area contributed by atoms with E-state index in [9.17, 15) is 38.2 Å². The van der Waals surface area contributed by atoms with Gasteiger partial charge in [-0.15, -0.1) is 0 Å². The van der Waals surface area contributed by atoms with E-state index in [-0.39, 0.29) is 5.75 Å². The van der Waals surface area contributed by atoms with Crippen molar-refractivity contribution in [1.29, 1.82) is 0 Å². The molecule has 28 heavy (non-hydrogen) atoms. The smallest absolute Gasteiger partial charge is 0.418 e. The molecule has 2 rings (SSSR count). The molecule has 12 heteroatoms. The number of anilines is 1. The standard InChI is InChI=1S/C16H12F3N3O6/c1-9(28-14-5-3-2-4-13(14)22(26)27)15(23)20-12-7-6-10(21(24)25)8-11(12)16(17,18)19/h2-9H,1H3,(H,20,23)/t9-/m0/s1. The van der Waals surface area contributed by atoms with Crippen LogP contribution in [-0.4, -0.2) is 21.9 Å². The summed E-state index contributed by atoms with van der Waals surface area (Å²) in [5.41, 5.74) is -3.34. The maximum Gasteiger partial charge on any atom is 0.418 e. The lowest BCUT2D eigenvalue weighted by Gasteiger charge is -2.17. The van der Waals surface area contributed by atoms with Gasteiger partial charge in [0.2, 0.25) is 0 Å². The molecule has 0 aliphatic heterocycles. The number of ether oxygens (including phenoxy) is 1. The van der Waals surface area contributed by atoms with Crippen molar-refractivity contribution in [2.24, 2.45) is 0 Å². The van der Waals surface area contributed by atoms with E-state index in [1.165, 1.54) is 25.1 Å². The van der Waals surface area contributed by atoms with E-state index in [0.717, 1.165) is 18.2 Å².